The van der Waals surface area contributed by atoms with E-state index in [1.165, 1.54) is 22.6 Å². The van der Waals surface area contributed by atoms with Crippen molar-refractivity contribution in [3.8, 4) is 5.69 Å². The lowest BCUT2D eigenvalue weighted by Gasteiger charge is -2.28. The molecule has 2 aromatic carbocycles. The van der Waals surface area contributed by atoms with E-state index in [2.05, 4.69) is 101 Å². The Morgan fingerprint density at radius 1 is 0.943 bits per heavy atom. The second kappa shape index (κ2) is 10.3. The number of thiocarbonyl (C=S) groups is 1. The highest BCUT2D eigenvalue weighted by Gasteiger charge is 2.41. The van der Waals surface area contributed by atoms with Gasteiger partial charge in [-0.1, -0.05) is 42.5 Å². The molecule has 0 radical (unpaired) electrons. The van der Waals surface area contributed by atoms with Crippen molar-refractivity contribution < 1.29 is 0 Å². The standard InChI is InChI=1S/C29H31N5S/c1-21-20-25(22(2)34(21)24-14-7-4-8-15-24)28-27(26-16-9-10-17-31-26)32-29(35)33(28)19-11-18-30-23-12-5-3-6-13-23/h3-10,12-17,20,27-28,30H,11,18-19H2,1-2H3,(H,32,35)/t27-,28-/m0/s1. The number of anilines is 1. The predicted molar refractivity (Wildman–Crippen MR) is 147 cm³/mol. The lowest BCUT2D eigenvalue weighted by atomic mass is 9.96. The van der Waals surface area contributed by atoms with Gasteiger partial charge in [0.15, 0.2) is 5.11 Å². The van der Waals surface area contributed by atoms with E-state index in [0.717, 1.165) is 36.0 Å². The molecule has 1 aliphatic rings. The van der Waals surface area contributed by atoms with Crippen molar-refractivity contribution in [1.29, 1.82) is 0 Å². The largest absolute Gasteiger partial charge is 0.385 e. The maximum absolute atomic E-state index is 5.87. The van der Waals surface area contributed by atoms with Gasteiger partial charge in [0, 0.05) is 42.0 Å². The van der Waals surface area contributed by atoms with Crippen LogP contribution in [-0.4, -0.2) is 32.7 Å². The van der Waals surface area contributed by atoms with Crippen LogP contribution in [0.2, 0.25) is 0 Å². The van der Waals surface area contributed by atoms with E-state index in [1.54, 1.807) is 0 Å². The maximum atomic E-state index is 5.87. The van der Waals surface area contributed by atoms with Crippen molar-refractivity contribution in [3.63, 3.8) is 0 Å². The molecule has 178 valence electrons. The summed E-state index contributed by atoms with van der Waals surface area (Å²) in [5, 5.41) is 7.90. The molecule has 0 saturated carbocycles. The van der Waals surface area contributed by atoms with Gasteiger partial charge in [-0.05, 0) is 80.5 Å². The van der Waals surface area contributed by atoms with Gasteiger partial charge in [-0.15, -0.1) is 0 Å². The topological polar surface area (TPSA) is 45.1 Å². The third-order valence-corrected chi connectivity index (χ3v) is 7.03. The van der Waals surface area contributed by atoms with Crippen LogP contribution in [0.4, 0.5) is 5.69 Å². The Kier molecular flexibility index (Phi) is 6.82. The van der Waals surface area contributed by atoms with Gasteiger partial charge < -0.3 is 20.1 Å². The summed E-state index contributed by atoms with van der Waals surface area (Å²) in [7, 11) is 0. The fourth-order valence-corrected chi connectivity index (χ4v) is 5.42. The number of nitrogens with zero attached hydrogens (tertiary/aromatic N) is 3. The van der Waals surface area contributed by atoms with E-state index in [9.17, 15) is 0 Å². The monoisotopic (exact) mass is 481 g/mol. The number of para-hydroxylation sites is 2. The number of pyridine rings is 1. The van der Waals surface area contributed by atoms with Crippen molar-refractivity contribution in [1.82, 2.24) is 19.8 Å². The van der Waals surface area contributed by atoms with Gasteiger partial charge in [0.25, 0.3) is 0 Å². The molecule has 0 aliphatic carbocycles. The molecular formula is C29H31N5S. The van der Waals surface area contributed by atoms with Crippen LogP contribution in [0.15, 0.2) is 91.1 Å². The van der Waals surface area contributed by atoms with Gasteiger partial charge in [-0.2, -0.15) is 0 Å². The minimum Gasteiger partial charge on any atom is -0.385 e. The fourth-order valence-electron chi connectivity index (χ4n) is 5.08. The van der Waals surface area contributed by atoms with Crippen LogP contribution in [0.1, 0.15) is 41.1 Å². The number of aryl methyl sites for hydroxylation is 1. The third-order valence-electron chi connectivity index (χ3n) is 6.68. The number of benzene rings is 2. The molecule has 4 aromatic rings. The molecule has 0 unspecified atom stereocenters. The van der Waals surface area contributed by atoms with Crippen molar-refractivity contribution in [2.24, 2.45) is 0 Å². The van der Waals surface area contributed by atoms with Crippen molar-refractivity contribution in [2.75, 3.05) is 18.4 Å². The Labute approximate surface area is 212 Å². The summed E-state index contributed by atoms with van der Waals surface area (Å²) in [6, 6.07) is 29.3. The highest BCUT2D eigenvalue weighted by molar-refractivity contribution is 7.80. The quantitative estimate of drug-likeness (QED) is 0.240. The van der Waals surface area contributed by atoms with Crippen LogP contribution < -0.4 is 10.6 Å². The van der Waals surface area contributed by atoms with Gasteiger partial charge in [0.2, 0.25) is 0 Å². The normalized spacial score (nSPS) is 17.4. The van der Waals surface area contributed by atoms with Crippen molar-refractivity contribution in [2.45, 2.75) is 32.4 Å². The summed E-state index contributed by atoms with van der Waals surface area (Å²) in [5.74, 6) is 0. The molecule has 6 heteroatoms. The highest BCUT2D eigenvalue weighted by atomic mass is 32.1. The molecule has 0 amide bonds. The Morgan fingerprint density at radius 3 is 2.37 bits per heavy atom. The summed E-state index contributed by atoms with van der Waals surface area (Å²) in [6.45, 7) is 6.12. The molecule has 2 N–H and O–H groups in total. The molecule has 1 saturated heterocycles. The summed E-state index contributed by atoms with van der Waals surface area (Å²) < 4.78 is 2.33. The number of hydrogen-bond acceptors (Lipinski definition) is 3. The van der Waals surface area contributed by atoms with Gasteiger partial charge in [-0.3, -0.25) is 4.98 Å². The Bertz CT molecular complexity index is 1270. The van der Waals surface area contributed by atoms with E-state index in [4.69, 9.17) is 17.2 Å². The SMILES string of the molecule is Cc1cc([C@H]2[C@H](c3ccccn3)NC(=S)N2CCCNc2ccccc2)c(C)n1-c1ccccc1. The molecule has 1 aliphatic heterocycles. The van der Waals surface area contributed by atoms with E-state index >= 15 is 0 Å². The van der Waals surface area contributed by atoms with E-state index < -0.39 is 0 Å². The predicted octanol–water partition coefficient (Wildman–Crippen LogP) is 5.96. The molecule has 0 spiro atoms. The van der Waals surface area contributed by atoms with Crippen LogP contribution in [0.3, 0.4) is 0 Å². The summed E-state index contributed by atoms with van der Waals surface area (Å²) in [6.07, 6.45) is 2.83. The maximum Gasteiger partial charge on any atom is 0.170 e. The molecule has 1 fully saturated rings. The molecule has 2 atom stereocenters. The van der Waals surface area contributed by atoms with Crippen molar-refractivity contribution >= 4 is 23.0 Å². The first-order chi connectivity index (χ1) is 17.1. The van der Waals surface area contributed by atoms with Gasteiger partial charge >= 0.3 is 0 Å². The summed E-state index contributed by atoms with van der Waals surface area (Å²) in [4.78, 5) is 7.04. The number of nitrogens with one attached hydrogen (secondary N) is 2. The van der Waals surface area contributed by atoms with Crippen LogP contribution in [0.25, 0.3) is 5.69 Å². The number of rotatable bonds is 8. The second-order valence-corrected chi connectivity index (χ2v) is 9.35. The minimum atomic E-state index is -0.00416. The van der Waals surface area contributed by atoms with E-state index in [-0.39, 0.29) is 12.1 Å². The summed E-state index contributed by atoms with van der Waals surface area (Å²) >= 11 is 5.87. The van der Waals surface area contributed by atoms with Crippen molar-refractivity contribution in [3.05, 3.63) is 114 Å². The Balaban J connectivity index is 1.45. The number of hydrogen-bond donors (Lipinski definition) is 2. The molecule has 35 heavy (non-hydrogen) atoms. The van der Waals surface area contributed by atoms with E-state index in [0.29, 0.717) is 0 Å². The van der Waals surface area contributed by atoms with Crippen LogP contribution in [0.5, 0.6) is 0 Å². The smallest absolute Gasteiger partial charge is 0.170 e. The molecular weight excluding hydrogens is 450 g/mol. The molecule has 3 heterocycles. The summed E-state index contributed by atoms with van der Waals surface area (Å²) in [5.41, 5.74) is 7.06. The zero-order valence-electron chi connectivity index (χ0n) is 20.2. The zero-order chi connectivity index (χ0) is 24.2. The van der Waals surface area contributed by atoms with E-state index in [1.807, 2.05) is 24.4 Å². The molecule has 0 bridgehead atoms. The zero-order valence-corrected chi connectivity index (χ0v) is 21.0. The Hall–Kier alpha value is -3.64. The Morgan fingerprint density at radius 2 is 1.66 bits per heavy atom. The van der Waals surface area contributed by atoms with Crippen LogP contribution in [-0.2, 0) is 0 Å². The van der Waals surface area contributed by atoms with Gasteiger partial charge in [-0.25, -0.2) is 0 Å². The lowest BCUT2D eigenvalue weighted by Crippen LogP contribution is -2.31. The van der Waals surface area contributed by atoms with Gasteiger partial charge in [0.05, 0.1) is 17.8 Å². The average molecular weight is 482 g/mol. The minimum absolute atomic E-state index is 0.00416. The van der Waals surface area contributed by atoms with Crippen LogP contribution in [0, 0.1) is 13.8 Å². The second-order valence-electron chi connectivity index (χ2n) is 8.96. The average Bonchev–Trinajstić information content (AvgIpc) is 3.38. The lowest BCUT2D eigenvalue weighted by molar-refractivity contribution is 0.315. The first-order valence-corrected chi connectivity index (χ1v) is 12.6. The number of aromatic nitrogens is 2. The molecule has 2 aromatic heterocycles. The van der Waals surface area contributed by atoms with Gasteiger partial charge in [0.1, 0.15) is 0 Å². The molecule has 5 nitrogen and oxygen atoms in total. The van der Waals surface area contributed by atoms with Crippen LogP contribution >= 0.6 is 12.2 Å². The molecule has 5 rings (SSSR count). The fraction of sp³-hybridized carbons (Fsp3) is 0.241. The highest BCUT2D eigenvalue weighted by Crippen LogP contribution is 2.41. The first-order valence-electron chi connectivity index (χ1n) is 12.1. The third kappa shape index (κ3) is 4.80. The first kappa shape index (κ1) is 23.1.